The number of benzene rings is 1. The number of nitrogens with one attached hydrogen (secondary N) is 1. The van der Waals surface area contributed by atoms with Gasteiger partial charge in [-0.2, -0.15) is 0 Å². The number of hydrogen-bond acceptors (Lipinski definition) is 4. The van der Waals surface area contributed by atoms with Gasteiger partial charge in [0.2, 0.25) is 0 Å². The lowest BCUT2D eigenvalue weighted by molar-refractivity contribution is 0.0938. The van der Waals surface area contributed by atoms with Crippen LogP contribution in [0.5, 0.6) is 5.75 Å². The van der Waals surface area contributed by atoms with Crippen LogP contribution in [0.3, 0.4) is 0 Å². The first-order valence-corrected chi connectivity index (χ1v) is 7.16. The summed E-state index contributed by atoms with van der Waals surface area (Å²) < 4.78 is 10.7. The van der Waals surface area contributed by atoms with E-state index in [0.717, 1.165) is 24.4 Å². The molecular formula is C16H18N2O3. The van der Waals surface area contributed by atoms with E-state index in [-0.39, 0.29) is 5.91 Å². The van der Waals surface area contributed by atoms with Crippen molar-refractivity contribution in [3.63, 3.8) is 0 Å². The van der Waals surface area contributed by atoms with Gasteiger partial charge in [-0.05, 0) is 31.9 Å². The highest BCUT2D eigenvalue weighted by Gasteiger charge is 2.28. The summed E-state index contributed by atoms with van der Waals surface area (Å²) in [5.74, 6) is 1.85. The van der Waals surface area contributed by atoms with Crippen molar-refractivity contribution in [2.75, 3.05) is 13.2 Å². The molecule has 1 saturated carbocycles. The standard InChI is InChI=1S/C16H18N2O3/c1-11-2-6-13(7-3-11)20-9-8-17-16(19)14-10-15(21-18-14)12-4-5-12/h2-3,6-7,10,12H,4-5,8-9H2,1H3,(H,17,19). The van der Waals surface area contributed by atoms with Gasteiger partial charge in [0.05, 0.1) is 6.54 Å². The molecule has 1 aliphatic carbocycles. The fourth-order valence-corrected chi connectivity index (χ4v) is 2.02. The highest BCUT2D eigenvalue weighted by atomic mass is 16.5. The Morgan fingerprint density at radius 3 is 2.86 bits per heavy atom. The van der Waals surface area contributed by atoms with Gasteiger partial charge in [0, 0.05) is 12.0 Å². The summed E-state index contributed by atoms with van der Waals surface area (Å²) in [6.07, 6.45) is 2.25. The van der Waals surface area contributed by atoms with Crippen LogP contribution >= 0.6 is 0 Å². The number of carbonyl (C=O) groups excluding carboxylic acids is 1. The molecule has 0 spiro atoms. The molecule has 1 aliphatic rings. The quantitative estimate of drug-likeness (QED) is 0.829. The van der Waals surface area contributed by atoms with Crippen molar-refractivity contribution in [2.24, 2.45) is 0 Å². The lowest BCUT2D eigenvalue weighted by Gasteiger charge is -2.06. The Hall–Kier alpha value is -2.30. The van der Waals surface area contributed by atoms with Crippen LogP contribution in [0.15, 0.2) is 34.9 Å². The summed E-state index contributed by atoms with van der Waals surface area (Å²) in [7, 11) is 0. The van der Waals surface area contributed by atoms with E-state index in [1.165, 1.54) is 5.56 Å². The van der Waals surface area contributed by atoms with Crippen molar-refractivity contribution in [2.45, 2.75) is 25.7 Å². The van der Waals surface area contributed by atoms with Crippen LogP contribution in [0.4, 0.5) is 0 Å². The summed E-state index contributed by atoms with van der Waals surface area (Å²) in [6, 6.07) is 9.53. The monoisotopic (exact) mass is 286 g/mol. The lowest BCUT2D eigenvalue weighted by Crippen LogP contribution is -2.28. The third-order valence-corrected chi connectivity index (χ3v) is 3.42. The molecule has 0 radical (unpaired) electrons. The van der Waals surface area contributed by atoms with Gasteiger partial charge in [-0.15, -0.1) is 0 Å². The molecular weight excluding hydrogens is 268 g/mol. The Morgan fingerprint density at radius 1 is 1.38 bits per heavy atom. The SMILES string of the molecule is Cc1ccc(OCCNC(=O)c2cc(C3CC3)on2)cc1. The second-order valence-corrected chi connectivity index (χ2v) is 5.31. The second kappa shape index (κ2) is 5.99. The van der Waals surface area contributed by atoms with Crippen LogP contribution in [0, 0.1) is 6.92 Å². The molecule has 1 amide bonds. The minimum atomic E-state index is -0.224. The normalized spacial score (nSPS) is 14.0. The number of aryl methyl sites for hydroxylation is 1. The molecule has 5 heteroatoms. The van der Waals surface area contributed by atoms with Gasteiger partial charge in [-0.25, -0.2) is 0 Å². The minimum absolute atomic E-state index is 0.224. The van der Waals surface area contributed by atoms with Crippen LogP contribution < -0.4 is 10.1 Å². The van der Waals surface area contributed by atoms with E-state index in [2.05, 4.69) is 10.5 Å². The van der Waals surface area contributed by atoms with Crippen LogP contribution in [0.25, 0.3) is 0 Å². The Balaban J connectivity index is 1.41. The fraction of sp³-hybridized carbons (Fsp3) is 0.375. The number of nitrogens with zero attached hydrogens (tertiary/aromatic N) is 1. The van der Waals surface area contributed by atoms with Gasteiger partial charge in [0.25, 0.3) is 5.91 Å². The van der Waals surface area contributed by atoms with Crippen molar-refractivity contribution in [3.05, 3.63) is 47.3 Å². The molecule has 1 aromatic heterocycles. The van der Waals surface area contributed by atoms with Gasteiger partial charge in [-0.1, -0.05) is 22.9 Å². The highest BCUT2D eigenvalue weighted by molar-refractivity contribution is 5.92. The van der Waals surface area contributed by atoms with Gasteiger partial charge in [-0.3, -0.25) is 4.79 Å². The van der Waals surface area contributed by atoms with E-state index >= 15 is 0 Å². The predicted molar refractivity (Wildman–Crippen MR) is 77.5 cm³/mol. The van der Waals surface area contributed by atoms with Crippen molar-refractivity contribution in [1.82, 2.24) is 10.5 Å². The first-order chi connectivity index (χ1) is 10.2. The predicted octanol–water partition coefficient (Wildman–Crippen LogP) is 2.67. The van der Waals surface area contributed by atoms with E-state index in [4.69, 9.17) is 9.26 Å². The van der Waals surface area contributed by atoms with Crippen LogP contribution in [0.1, 0.15) is 40.6 Å². The van der Waals surface area contributed by atoms with Crippen molar-refractivity contribution in [3.8, 4) is 5.75 Å². The zero-order valence-electron chi connectivity index (χ0n) is 12.0. The maximum absolute atomic E-state index is 11.9. The zero-order valence-corrected chi connectivity index (χ0v) is 12.0. The minimum Gasteiger partial charge on any atom is -0.492 e. The summed E-state index contributed by atoms with van der Waals surface area (Å²) in [6.45, 7) is 2.87. The van der Waals surface area contributed by atoms with Crippen molar-refractivity contribution in [1.29, 1.82) is 0 Å². The number of amides is 1. The molecule has 1 heterocycles. The van der Waals surface area contributed by atoms with E-state index < -0.39 is 0 Å². The molecule has 5 nitrogen and oxygen atoms in total. The van der Waals surface area contributed by atoms with Crippen LogP contribution in [0.2, 0.25) is 0 Å². The molecule has 2 aromatic rings. The first kappa shape index (κ1) is 13.7. The number of carbonyl (C=O) groups is 1. The van der Waals surface area contributed by atoms with Gasteiger partial charge in [0.1, 0.15) is 18.1 Å². The lowest BCUT2D eigenvalue weighted by atomic mass is 10.2. The maximum atomic E-state index is 11.9. The molecule has 0 aliphatic heterocycles. The number of aromatic nitrogens is 1. The molecule has 0 saturated heterocycles. The Morgan fingerprint density at radius 2 is 2.14 bits per heavy atom. The third-order valence-electron chi connectivity index (χ3n) is 3.42. The maximum Gasteiger partial charge on any atom is 0.273 e. The molecule has 1 N–H and O–H groups in total. The molecule has 0 unspecified atom stereocenters. The first-order valence-electron chi connectivity index (χ1n) is 7.16. The van der Waals surface area contributed by atoms with Crippen molar-refractivity contribution >= 4 is 5.91 Å². The summed E-state index contributed by atoms with van der Waals surface area (Å²) in [4.78, 5) is 11.9. The summed E-state index contributed by atoms with van der Waals surface area (Å²) >= 11 is 0. The van der Waals surface area contributed by atoms with Crippen molar-refractivity contribution < 1.29 is 14.1 Å². The Kier molecular flexibility index (Phi) is 3.90. The number of ether oxygens (including phenoxy) is 1. The zero-order chi connectivity index (χ0) is 14.7. The summed E-state index contributed by atoms with van der Waals surface area (Å²) in [5.41, 5.74) is 1.53. The highest BCUT2D eigenvalue weighted by Crippen LogP contribution is 2.40. The molecule has 1 fully saturated rings. The Labute approximate surface area is 123 Å². The van der Waals surface area contributed by atoms with Crippen LogP contribution in [-0.2, 0) is 0 Å². The largest absolute Gasteiger partial charge is 0.492 e. The third kappa shape index (κ3) is 3.62. The number of hydrogen-bond donors (Lipinski definition) is 1. The van der Waals surface area contributed by atoms with Gasteiger partial charge in [0.15, 0.2) is 5.69 Å². The molecule has 3 rings (SSSR count). The summed E-state index contributed by atoms with van der Waals surface area (Å²) in [5, 5.41) is 6.56. The topological polar surface area (TPSA) is 64.4 Å². The molecule has 110 valence electrons. The average Bonchev–Trinajstić information content (AvgIpc) is 3.22. The fourth-order valence-electron chi connectivity index (χ4n) is 2.02. The van der Waals surface area contributed by atoms with Gasteiger partial charge < -0.3 is 14.6 Å². The average molecular weight is 286 g/mol. The molecule has 0 atom stereocenters. The van der Waals surface area contributed by atoms with E-state index in [1.807, 2.05) is 31.2 Å². The molecule has 1 aromatic carbocycles. The molecule has 21 heavy (non-hydrogen) atoms. The van der Waals surface area contributed by atoms with Crippen LogP contribution in [-0.4, -0.2) is 24.2 Å². The van der Waals surface area contributed by atoms with E-state index in [0.29, 0.717) is 24.8 Å². The second-order valence-electron chi connectivity index (χ2n) is 5.31. The Bertz CT molecular complexity index is 615. The van der Waals surface area contributed by atoms with E-state index in [9.17, 15) is 4.79 Å². The number of rotatable bonds is 6. The smallest absolute Gasteiger partial charge is 0.273 e. The molecule has 0 bridgehead atoms. The van der Waals surface area contributed by atoms with Gasteiger partial charge >= 0.3 is 0 Å². The van der Waals surface area contributed by atoms with E-state index in [1.54, 1.807) is 6.07 Å².